The Hall–Kier alpha value is -2.28. The van der Waals surface area contributed by atoms with Crippen molar-refractivity contribution in [2.24, 2.45) is 0 Å². The van der Waals surface area contributed by atoms with Gasteiger partial charge in [0.15, 0.2) is 0 Å². The van der Waals surface area contributed by atoms with Crippen LogP contribution >= 0.6 is 0 Å². The molecule has 96 valence electrons. The third-order valence-corrected chi connectivity index (χ3v) is 2.75. The first-order chi connectivity index (χ1) is 9.35. The van der Waals surface area contributed by atoms with Gasteiger partial charge in [-0.15, -0.1) is 0 Å². The van der Waals surface area contributed by atoms with E-state index >= 15 is 0 Å². The summed E-state index contributed by atoms with van der Waals surface area (Å²) in [4.78, 5) is 0. The van der Waals surface area contributed by atoms with Crippen molar-refractivity contribution in [3.8, 4) is 11.5 Å². The Kier molecular flexibility index (Phi) is 4.57. The summed E-state index contributed by atoms with van der Waals surface area (Å²) in [7, 11) is 0. The first kappa shape index (κ1) is 13.2. The van der Waals surface area contributed by atoms with Crippen LogP contribution in [0.5, 0.6) is 11.5 Å². The van der Waals surface area contributed by atoms with Crippen LogP contribution < -0.4 is 4.74 Å². The number of allylic oxidation sites excluding steroid dienone is 2. The Morgan fingerprint density at radius 3 is 1.53 bits per heavy atom. The van der Waals surface area contributed by atoms with Gasteiger partial charge >= 0.3 is 0 Å². The summed E-state index contributed by atoms with van der Waals surface area (Å²) < 4.78 is 6.04. The molecule has 2 rings (SSSR count). The van der Waals surface area contributed by atoms with E-state index in [0.717, 1.165) is 22.6 Å². The molecule has 1 heteroatoms. The highest BCUT2D eigenvalue weighted by Crippen LogP contribution is 2.29. The van der Waals surface area contributed by atoms with Gasteiger partial charge in [-0.2, -0.15) is 0 Å². The number of ether oxygens (including phenoxy) is 1. The van der Waals surface area contributed by atoms with Crippen LogP contribution in [-0.2, 0) is 0 Å². The maximum atomic E-state index is 6.04. The van der Waals surface area contributed by atoms with Crippen LogP contribution in [0.3, 0.4) is 0 Å². The highest BCUT2D eigenvalue weighted by Gasteiger charge is 2.04. The lowest BCUT2D eigenvalue weighted by Crippen LogP contribution is -1.89. The normalized spacial score (nSPS) is 11.3. The molecule has 0 fully saturated rings. The highest BCUT2D eigenvalue weighted by atomic mass is 16.5. The fourth-order valence-electron chi connectivity index (χ4n) is 1.90. The fraction of sp³-hybridized carbons (Fsp3) is 0.111. The van der Waals surface area contributed by atoms with Crippen molar-refractivity contribution >= 4 is 12.2 Å². The molecular formula is C18H18O. The highest BCUT2D eigenvalue weighted by molar-refractivity contribution is 5.61. The van der Waals surface area contributed by atoms with Gasteiger partial charge < -0.3 is 4.74 Å². The molecule has 0 amide bonds. The Bertz CT molecular complexity index is 541. The van der Waals surface area contributed by atoms with Crippen molar-refractivity contribution in [2.45, 2.75) is 13.8 Å². The summed E-state index contributed by atoms with van der Waals surface area (Å²) in [5.41, 5.74) is 2.17. The minimum atomic E-state index is 0.873. The number of rotatable bonds is 4. The second-order valence-electron chi connectivity index (χ2n) is 4.18. The van der Waals surface area contributed by atoms with Gasteiger partial charge in [-0.05, 0) is 26.0 Å². The molecule has 0 aliphatic heterocycles. The van der Waals surface area contributed by atoms with E-state index in [0.29, 0.717) is 0 Å². The summed E-state index contributed by atoms with van der Waals surface area (Å²) in [5, 5.41) is 0. The molecule has 0 radical (unpaired) electrons. The topological polar surface area (TPSA) is 9.23 Å². The van der Waals surface area contributed by atoms with Crippen LogP contribution in [0, 0.1) is 0 Å². The minimum absolute atomic E-state index is 0.873. The third-order valence-electron chi connectivity index (χ3n) is 2.75. The van der Waals surface area contributed by atoms with Gasteiger partial charge in [0.2, 0.25) is 0 Å². The molecule has 0 N–H and O–H groups in total. The van der Waals surface area contributed by atoms with Gasteiger partial charge in [0.05, 0.1) is 0 Å². The van der Waals surface area contributed by atoms with E-state index in [-0.39, 0.29) is 0 Å². The van der Waals surface area contributed by atoms with Crippen LogP contribution in [0.4, 0.5) is 0 Å². The summed E-state index contributed by atoms with van der Waals surface area (Å²) in [5.74, 6) is 1.75. The molecule has 0 bridgehead atoms. The number of benzene rings is 2. The zero-order valence-corrected chi connectivity index (χ0v) is 11.3. The molecule has 0 atom stereocenters. The monoisotopic (exact) mass is 250 g/mol. The zero-order valence-electron chi connectivity index (χ0n) is 11.3. The Morgan fingerprint density at radius 1 is 0.684 bits per heavy atom. The van der Waals surface area contributed by atoms with Crippen molar-refractivity contribution in [1.29, 1.82) is 0 Å². The van der Waals surface area contributed by atoms with E-state index in [9.17, 15) is 0 Å². The van der Waals surface area contributed by atoms with Crippen LogP contribution in [0.25, 0.3) is 12.2 Å². The minimum Gasteiger partial charge on any atom is -0.456 e. The molecule has 0 unspecified atom stereocenters. The van der Waals surface area contributed by atoms with E-state index in [2.05, 4.69) is 0 Å². The van der Waals surface area contributed by atoms with Gasteiger partial charge in [-0.3, -0.25) is 0 Å². The lowest BCUT2D eigenvalue weighted by atomic mass is 10.1. The summed E-state index contributed by atoms with van der Waals surface area (Å²) in [6.07, 6.45) is 8.13. The van der Waals surface area contributed by atoms with Crippen LogP contribution in [0.1, 0.15) is 25.0 Å². The van der Waals surface area contributed by atoms with Gasteiger partial charge in [0.25, 0.3) is 0 Å². The molecule has 0 aromatic heterocycles. The summed E-state index contributed by atoms with van der Waals surface area (Å²) in [6, 6.07) is 16.1. The number of hydrogen-bond donors (Lipinski definition) is 0. The van der Waals surface area contributed by atoms with E-state index in [1.54, 1.807) is 0 Å². The molecule has 2 aromatic rings. The predicted octanol–water partition coefficient (Wildman–Crippen LogP) is 5.55. The molecule has 1 nitrogen and oxygen atoms in total. The third kappa shape index (κ3) is 3.35. The summed E-state index contributed by atoms with van der Waals surface area (Å²) in [6.45, 7) is 4.01. The largest absolute Gasteiger partial charge is 0.456 e. The fourth-order valence-corrected chi connectivity index (χ4v) is 1.90. The van der Waals surface area contributed by atoms with Crippen molar-refractivity contribution in [3.63, 3.8) is 0 Å². The quantitative estimate of drug-likeness (QED) is 0.691. The molecule has 0 aliphatic carbocycles. The second kappa shape index (κ2) is 6.60. The zero-order chi connectivity index (χ0) is 13.5. The maximum absolute atomic E-state index is 6.04. The molecule has 2 aromatic carbocycles. The molecule has 0 saturated carbocycles. The molecule has 0 aliphatic rings. The first-order valence-electron chi connectivity index (χ1n) is 6.46. The van der Waals surface area contributed by atoms with Crippen LogP contribution in [-0.4, -0.2) is 0 Å². The van der Waals surface area contributed by atoms with Crippen molar-refractivity contribution in [2.75, 3.05) is 0 Å². The van der Waals surface area contributed by atoms with Crippen molar-refractivity contribution in [3.05, 3.63) is 71.8 Å². The predicted molar refractivity (Wildman–Crippen MR) is 82.4 cm³/mol. The van der Waals surface area contributed by atoms with E-state index in [1.165, 1.54) is 0 Å². The SMILES string of the molecule is C/C=C\c1ccccc1Oc1ccccc1/C=C\C. The van der Waals surface area contributed by atoms with Gasteiger partial charge in [0, 0.05) is 11.1 Å². The van der Waals surface area contributed by atoms with Crippen LogP contribution in [0.15, 0.2) is 60.7 Å². The second-order valence-corrected chi connectivity index (χ2v) is 4.18. The Balaban J connectivity index is 2.36. The molecule has 0 saturated heterocycles. The maximum Gasteiger partial charge on any atom is 0.134 e. The number of hydrogen-bond acceptors (Lipinski definition) is 1. The van der Waals surface area contributed by atoms with E-state index < -0.39 is 0 Å². The average Bonchev–Trinajstić information content (AvgIpc) is 2.44. The van der Waals surface area contributed by atoms with E-state index in [1.807, 2.05) is 86.7 Å². The smallest absolute Gasteiger partial charge is 0.134 e. The lowest BCUT2D eigenvalue weighted by molar-refractivity contribution is 0.480. The molecule has 19 heavy (non-hydrogen) atoms. The average molecular weight is 250 g/mol. The standard InChI is InChI=1S/C18H18O/c1-3-9-15-11-5-7-13-17(15)19-18-14-8-6-12-16(18)10-4-2/h3-14H,1-2H3/b9-3-,10-4-. The van der Waals surface area contributed by atoms with Gasteiger partial charge in [-0.1, -0.05) is 60.7 Å². The van der Waals surface area contributed by atoms with Crippen molar-refractivity contribution < 1.29 is 4.74 Å². The van der Waals surface area contributed by atoms with Gasteiger partial charge in [0.1, 0.15) is 11.5 Å². The van der Waals surface area contributed by atoms with Gasteiger partial charge in [-0.25, -0.2) is 0 Å². The summed E-state index contributed by atoms with van der Waals surface area (Å²) >= 11 is 0. The van der Waals surface area contributed by atoms with Crippen molar-refractivity contribution in [1.82, 2.24) is 0 Å². The lowest BCUT2D eigenvalue weighted by Gasteiger charge is -2.11. The van der Waals surface area contributed by atoms with Crippen LogP contribution in [0.2, 0.25) is 0 Å². The molecule has 0 spiro atoms. The Labute approximate surface area is 114 Å². The Morgan fingerprint density at radius 2 is 1.11 bits per heavy atom. The number of para-hydroxylation sites is 2. The molecule has 0 heterocycles. The molecular weight excluding hydrogens is 232 g/mol. The van der Waals surface area contributed by atoms with E-state index in [4.69, 9.17) is 4.74 Å². The first-order valence-corrected chi connectivity index (χ1v) is 6.46.